The summed E-state index contributed by atoms with van der Waals surface area (Å²) < 4.78 is 0. The van der Waals surface area contributed by atoms with Crippen molar-refractivity contribution in [3.8, 4) is 0 Å². The van der Waals surface area contributed by atoms with Gasteiger partial charge in [0.05, 0.1) is 0 Å². The molecule has 0 bridgehead atoms. The van der Waals surface area contributed by atoms with Gasteiger partial charge in [0.1, 0.15) is 0 Å². The van der Waals surface area contributed by atoms with Crippen molar-refractivity contribution in [3.05, 3.63) is 82.9 Å². The summed E-state index contributed by atoms with van der Waals surface area (Å²) in [5.74, 6) is 0.129. The van der Waals surface area contributed by atoms with Gasteiger partial charge in [-0.3, -0.25) is 9.59 Å². The van der Waals surface area contributed by atoms with Gasteiger partial charge in [0.15, 0.2) is 11.6 Å². The highest BCUT2D eigenvalue weighted by Gasteiger charge is 2.10. The van der Waals surface area contributed by atoms with Crippen molar-refractivity contribution in [2.75, 3.05) is 0 Å². The lowest BCUT2D eigenvalue weighted by molar-refractivity contribution is 0.100. The van der Waals surface area contributed by atoms with Crippen LogP contribution in [0.4, 0.5) is 0 Å². The van der Waals surface area contributed by atoms with Gasteiger partial charge < -0.3 is 0 Å². The number of hydrogen-bond acceptors (Lipinski definition) is 2. The molecule has 24 heavy (non-hydrogen) atoms. The van der Waals surface area contributed by atoms with Gasteiger partial charge in [0.2, 0.25) is 0 Å². The number of allylic oxidation sites excluding steroid dienone is 4. The third-order valence-electron chi connectivity index (χ3n) is 4.07. The van der Waals surface area contributed by atoms with Crippen LogP contribution in [0.15, 0.2) is 60.7 Å². The minimum atomic E-state index is 0.0645. The van der Waals surface area contributed by atoms with Crippen LogP contribution in [-0.4, -0.2) is 11.6 Å². The van der Waals surface area contributed by atoms with Gasteiger partial charge in [-0.15, -0.1) is 0 Å². The average molecular weight is 318 g/mol. The van der Waals surface area contributed by atoms with Crippen molar-refractivity contribution < 1.29 is 9.59 Å². The molecule has 2 aromatic carbocycles. The Labute approximate surface area is 143 Å². The molecule has 2 rings (SSSR count). The van der Waals surface area contributed by atoms with Crippen LogP contribution in [0.25, 0.3) is 11.1 Å². The fourth-order valence-corrected chi connectivity index (χ4v) is 2.72. The second-order valence-corrected chi connectivity index (χ2v) is 5.67. The van der Waals surface area contributed by atoms with Crippen molar-refractivity contribution in [2.45, 2.75) is 27.7 Å². The van der Waals surface area contributed by atoms with E-state index < -0.39 is 0 Å². The summed E-state index contributed by atoms with van der Waals surface area (Å²) in [5, 5.41) is 0. The first-order valence-corrected chi connectivity index (χ1v) is 8.03. The fraction of sp³-hybridized carbons (Fsp3) is 0.182. The molecule has 0 heterocycles. The molecule has 0 aliphatic heterocycles. The van der Waals surface area contributed by atoms with Gasteiger partial charge in [0.25, 0.3) is 0 Å². The number of carbonyl (C=O) groups excluding carboxylic acids is 2. The van der Waals surface area contributed by atoms with E-state index in [1.165, 1.54) is 0 Å². The predicted octanol–water partition coefficient (Wildman–Crippen LogP) is 5.60. The maximum Gasteiger partial charge on any atom is 0.159 e. The van der Waals surface area contributed by atoms with E-state index in [4.69, 9.17) is 0 Å². The molecule has 122 valence electrons. The van der Waals surface area contributed by atoms with Crippen LogP contribution < -0.4 is 0 Å². The number of hydrogen-bond donors (Lipinski definition) is 0. The zero-order chi connectivity index (χ0) is 17.7. The quantitative estimate of drug-likeness (QED) is 0.531. The third kappa shape index (κ3) is 3.77. The van der Waals surface area contributed by atoms with E-state index in [0.717, 1.165) is 22.3 Å². The lowest BCUT2D eigenvalue weighted by Crippen LogP contribution is -1.96. The zero-order valence-corrected chi connectivity index (χ0v) is 14.6. The molecule has 0 amide bonds. The highest BCUT2D eigenvalue weighted by atomic mass is 16.1. The molecule has 2 aromatic rings. The molecular formula is C22H22O2. The third-order valence-corrected chi connectivity index (χ3v) is 4.07. The van der Waals surface area contributed by atoms with Gasteiger partial charge in [-0.05, 0) is 50.0 Å². The maximum atomic E-state index is 11.4. The minimum Gasteiger partial charge on any atom is -0.295 e. The van der Waals surface area contributed by atoms with Crippen LogP contribution in [0.2, 0.25) is 0 Å². The molecule has 0 N–H and O–H groups in total. The molecule has 0 spiro atoms. The van der Waals surface area contributed by atoms with Crippen LogP contribution in [-0.2, 0) is 0 Å². The SMILES string of the molecule is CC=C(C(=CC)c1ccc(C(C)=O)cc1)c1ccc(C(C)=O)cc1. The Morgan fingerprint density at radius 1 is 0.583 bits per heavy atom. The van der Waals surface area contributed by atoms with E-state index in [2.05, 4.69) is 12.2 Å². The zero-order valence-electron chi connectivity index (χ0n) is 14.6. The largest absolute Gasteiger partial charge is 0.295 e. The molecule has 0 unspecified atom stereocenters. The van der Waals surface area contributed by atoms with Crippen LogP contribution >= 0.6 is 0 Å². The molecular weight excluding hydrogens is 296 g/mol. The maximum absolute atomic E-state index is 11.4. The van der Waals surface area contributed by atoms with Gasteiger partial charge in [0, 0.05) is 11.1 Å². The average Bonchev–Trinajstić information content (AvgIpc) is 2.59. The molecule has 0 aliphatic carbocycles. The summed E-state index contributed by atoms with van der Waals surface area (Å²) in [6.07, 6.45) is 4.13. The highest BCUT2D eigenvalue weighted by Crippen LogP contribution is 2.31. The smallest absolute Gasteiger partial charge is 0.159 e. The number of benzene rings is 2. The standard InChI is InChI=1S/C22H22O2/c1-5-21(19-11-7-17(8-12-19)15(3)23)22(6-2)20-13-9-18(10-14-20)16(4)24/h5-14H,1-4H3. The van der Waals surface area contributed by atoms with E-state index in [1.54, 1.807) is 13.8 Å². The van der Waals surface area contributed by atoms with Crippen molar-refractivity contribution in [1.82, 2.24) is 0 Å². The van der Waals surface area contributed by atoms with Crippen LogP contribution in [0.5, 0.6) is 0 Å². The fourth-order valence-electron chi connectivity index (χ4n) is 2.72. The molecule has 2 heteroatoms. The number of ketones is 2. The van der Waals surface area contributed by atoms with E-state index in [9.17, 15) is 9.59 Å². The Morgan fingerprint density at radius 3 is 1.04 bits per heavy atom. The number of rotatable bonds is 5. The van der Waals surface area contributed by atoms with Crippen LogP contribution in [0, 0.1) is 0 Å². The summed E-state index contributed by atoms with van der Waals surface area (Å²) in [6, 6.07) is 15.3. The van der Waals surface area contributed by atoms with Crippen molar-refractivity contribution in [2.24, 2.45) is 0 Å². The summed E-state index contributed by atoms with van der Waals surface area (Å²) in [7, 11) is 0. The molecule has 0 saturated carbocycles. The second-order valence-electron chi connectivity index (χ2n) is 5.67. The summed E-state index contributed by atoms with van der Waals surface area (Å²) in [5.41, 5.74) is 5.74. The van der Waals surface area contributed by atoms with Crippen molar-refractivity contribution >= 4 is 22.7 Å². The molecule has 0 aromatic heterocycles. The van der Waals surface area contributed by atoms with Crippen LogP contribution in [0.1, 0.15) is 59.5 Å². The van der Waals surface area contributed by atoms with Gasteiger partial charge in [-0.25, -0.2) is 0 Å². The van der Waals surface area contributed by atoms with Crippen molar-refractivity contribution in [1.29, 1.82) is 0 Å². The lowest BCUT2D eigenvalue weighted by Gasteiger charge is -2.13. The van der Waals surface area contributed by atoms with Gasteiger partial charge >= 0.3 is 0 Å². The van der Waals surface area contributed by atoms with Crippen molar-refractivity contribution in [3.63, 3.8) is 0 Å². The predicted molar refractivity (Wildman–Crippen MR) is 100 cm³/mol. The van der Waals surface area contributed by atoms with E-state index in [0.29, 0.717) is 11.1 Å². The first-order valence-electron chi connectivity index (χ1n) is 8.03. The normalized spacial score (nSPS) is 12.2. The molecule has 0 saturated heterocycles. The Morgan fingerprint density at radius 2 is 0.833 bits per heavy atom. The van der Waals surface area contributed by atoms with Gasteiger partial charge in [-0.1, -0.05) is 60.7 Å². The highest BCUT2D eigenvalue weighted by molar-refractivity contribution is 6.05. The Bertz CT molecular complexity index is 733. The van der Waals surface area contributed by atoms with E-state index in [1.807, 2.05) is 62.4 Å². The first kappa shape index (κ1) is 17.6. The Hall–Kier alpha value is -2.74. The molecule has 0 atom stereocenters. The number of carbonyl (C=O) groups is 2. The molecule has 0 aliphatic rings. The summed E-state index contributed by atoms with van der Waals surface area (Å²) >= 11 is 0. The summed E-state index contributed by atoms with van der Waals surface area (Å²) in [6.45, 7) is 7.14. The van der Waals surface area contributed by atoms with E-state index in [-0.39, 0.29) is 11.6 Å². The second kappa shape index (κ2) is 7.69. The monoisotopic (exact) mass is 318 g/mol. The Kier molecular flexibility index (Phi) is 5.64. The van der Waals surface area contributed by atoms with E-state index >= 15 is 0 Å². The molecule has 0 fully saturated rings. The summed E-state index contributed by atoms with van der Waals surface area (Å²) in [4.78, 5) is 22.9. The molecule has 2 nitrogen and oxygen atoms in total. The first-order chi connectivity index (χ1) is 11.5. The lowest BCUT2D eigenvalue weighted by atomic mass is 9.90. The van der Waals surface area contributed by atoms with Gasteiger partial charge in [-0.2, -0.15) is 0 Å². The molecule has 0 radical (unpaired) electrons. The minimum absolute atomic E-state index is 0.0645. The topological polar surface area (TPSA) is 34.1 Å². The number of Topliss-reactive ketones (excluding diaryl/α,β-unsaturated/α-hetero) is 2. The van der Waals surface area contributed by atoms with Crippen LogP contribution in [0.3, 0.4) is 0 Å². The Balaban J connectivity index is 2.40.